The number of carbonyl (C=O) groups is 1. The summed E-state index contributed by atoms with van der Waals surface area (Å²) in [5.74, 6) is -0.635. The lowest BCUT2D eigenvalue weighted by Crippen LogP contribution is -2.05. The third-order valence-electron chi connectivity index (χ3n) is 3.06. The third-order valence-corrected chi connectivity index (χ3v) is 3.06. The predicted molar refractivity (Wildman–Crippen MR) is 75.6 cm³/mol. The van der Waals surface area contributed by atoms with Crippen LogP contribution in [-0.2, 0) is 6.42 Å². The van der Waals surface area contributed by atoms with Crippen LogP contribution < -0.4 is 10.5 Å². The molecule has 0 bridgehead atoms. The van der Waals surface area contributed by atoms with Gasteiger partial charge in [-0.15, -0.1) is 0 Å². The van der Waals surface area contributed by atoms with Gasteiger partial charge in [0.2, 0.25) is 0 Å². The Morgan fingerprint density at radius 3 is 2.35 bits per heavy atom. The van der Waals surface area contributed by atoms with Gasteiger partial charge in [-0.05, 0) is 36.7 Å². The van der Waals surface area contributed by atoms with Gasteiger partial charge in [0.1, 0.15) is 0 Å². The predicted octanol–water partition coefficient (Wildman–Crippen LogP) is 2.57. The van der Waals surface area contributed by atoms with Crippen molar-refractivity contribution in [2.45, 2.75) is 6.42 Å². The van der Waals surface area contributed by atoms with Crippen LogP contribution in [0.5, 0.6) is 5.75 Å². The molecule has 0 saturated carbocycles. The molecule has 104 valence electrons. The highest BCUT2D eigenvalue weighted by Gasteiger charge is 2.12. The van der Waals surface area contributed by atoms with Crippen LogP contribution in [0, 0.1) is 5.82 Å². The molecule has 2 N–H and O–H groups in total. The van der Waals surface area contributed by atoms with Crippen LogP contribution in [0.25, 0.3) is 0 Å². The van der Waals surface area contributed by atoms with Crippen molar-refractivity contribution in [3.05, 3.63) is 65.0 Å². The molecule has 20 heavy (non-hydrogen) atoms. The van der Waals surface area contributed by atoms with E-state index in [0.717, 1.165) is 12.0 Å². The number of carbonyl (C=O) groups excluding carboxylic acids is 1. The summed E-state index contributed by atoms with van der Waals surface area (Å²) in [4.78, 5) is 12.2. The molecule has 4 heteroatoms. The first-order chi connectivity index (χ1) is 9.65. The highest BCUT2D eigenvalue weighted by Crippen LogP contribution is 2.20. The van der Waals surface area contributed by atoms with Gasteiger partial charge in [0, 0.05) is 11.1 Å². The lowest BCUT2D eigenvalue weighted by molar-refractivity contribution is 0.103. The van der Waals surface area contributed by atoms with Crippen molar-refractivity contribution in [2.24, 2.45) is 5.73 Å². The van der Waals surface area contributed by atoms with Crippen LogP contribution in [-0.4, -0.2) is 19.4 Å². The quantitative estimate of drug-likeness (QED) is 0.852. The Morgan fingerprint density at radius 2 is 1.80 bits per heavy atom. The number of ketones is 1. The Balaban J connectivity index is 2.24. The van der Waals surface area contributed by atoms with E-state index in [0.29, 0.717) is 17.7 Å². The topological polar surface area (TPSA) is 52.3 Å². The van der Waals surface area contributed by atoms with Crippen LogP contribution in [0.4, 0.5) is 4.39 Å². The molecule has 0 spiro atoms. The summed E-state index contributed by atoms with van der Waals surface area (Å²) in [6, 6.07) is 11.4. The minimum Gasteiger partial charge on any atom is -0.494 e. The van der Waals surface area contributed by atoms with Gasteiger partial charge in [-0.3, -0.25) is 4.79 Å². The average molecular weight is 273 g/mol. The van der Waals surface area contributed by atoms with Crippen molar-refractivity contribution in [3.8, 4) is 5.75 Å². The maximum absolute atomic E-state index is 13.6. The van der Waals surface area contributed by atoms with Gasteiger partial charge < -0.3 is 10.5 Å². The molecule has 0 radical (unpaired) electrons. The first-order valence-electron chi connectivity index (χ1n) is 6.33. The van der Waals surface area contributed by atoms with E-state index in [-0.39, 0.29) is 11.5 Å². The van der Waals surface area contributed by atoms with Crippen molar-refractivity contribution < 1.29 is 13.9 Å². The SMILES string of the molecule is COc1ccc(C(=O)c2ccc(CCN)cc2)cc1F. The van der Waals surface area contributed by atoms with Gasteiger partial charge in [0.25, 0.3) is 0 Å². The summed E-state index contributed by atoms with van der Waals surface area (Å²) < 4.78 is 18.4. The van der Waals surface area contributed by atoms with Crippen molar-refractivity contribution >= 4 is 5.78 Å². The fraction of sp³-hybridized carbons (Fsp3) is 0.188. The number of ether oxygens (including phenoxy) is 1. The Labute approximate surface area is 117 Å². The molecule has 0 unspecified atom stereocenters. The third kappa shape index (κ3) is 3.03. The van der Waals surface area contributed by atoms with E-state index in [1.165, 1.54) is 19.2 Å². The molecule has 2 aromatic rings. The van der Waals surface area contributed by atoms with Crippen molar-refractivity contribution in [1.82, 2.24) is 0 Å². The minimum atomic E-state index is -0.543. The molecule has 0 aromatic heterocycles. The lowest BCUT2D eigenvalue weighted by atomic mass is 10.0. The van der Waals surface area contributed by atoms with E-state index < -0.39 is 5.82 Å². The summed E-state index contributed by atoms with van der Waals surface area (Å²) in [5, 5.41) is 0. The number of nitrogens with two attached hydrogens (primary N) is 1. The molecule has 0 fully saturated rings. The van der Waals surface area contributed by atoms with E-state index in [1.54, 1.807) is 18.2 Å². The number of hydrogen-bond acceptors (Lipinski definition) is 3. The summed E-state index contributed by atoms with van der Waals surface area (Å²) in [5.41, 5.74) is 7.37. The summed E-state index contributed by atoms with van der Waals surface area (Å²) in [7, 11) is 1.38. The first kappa shape index (κ1) is 14.2. The molecule has 0 heterocycles. The maximum atomic E-state index is 13.6. The zero-order valence-corrected chi connectivity index (χ0v) is 11.2. The van der Waals surface area contributed by atoms with E-state index in [1.807, 2.05) is 12.1 Å². The van der Waals surface area contributed by atoms with Crippen molar-refractivity contribution in [1.29, 1.82) is 0 Å². The standard InChI is InChI=1S/C16H16FNO2/c1-20-15-7-6-13(10-14(15)17)16(19)12-4-2-11(3-5-12)8-9-18/h2-7,10H,8-9,18H2,1H3. The zero-order valence-electron chi connectivity index (χ0n) is 11.2. The zero-order chi connectivity index (χ0) is 14.5. The van der Waals surface area contributed by atoms with Gasteiger partial charge in [-0.2, -0.15) is 0 Å². The van der Waals surface area contributed by atoms with E-state index in [4.69, 9.17) is 10.5 Å². The van der Waals surface area contributed by atoms with Crippen LogP contribution in [0.15, 0.2) is 42.5 Å². The molecular weight excluding hydrogens is 257 g/mol. The molecular formula is C16H16FNO2. The minimum absolute atomic E-state index is 0.125. The molecule has 2 aromatic carbocycles. The molecule has 0 aliphatic carbocycles. The monoisotopic (exact) mass is 273 g/mol. The van der Waals surface area contributed by atoms with Crippen LogP contribution in [0.1, 0.15) is 21.5 Å². The smallest absolute Gasteiger partial charge is 0.193 e. The Hall–Kier alpha value is -2.20. The summed E-state index contributed by atoms with van der Waals surface area (Å²) in [6.07, 6.45) is 0.769. The van der Waals surface area contributed by atoms with Crippen LogP contribution in [0.2, 0.25) is 0 Å². The number of methoxy groups -OCH3 is 1. The Morgan fingerprint density at radius 1 is 1.15 bits per heavy atom. The molecule has 0 aliphatic rings. The second-order valence-electron chi connectivity index (χ2n) is 4.41. The number of benzene rings is 2. The molecule has 0 aliphatic heterocycles. The summed E-state index contributed by atoms with van der Waals surface area (Å²) >= 11 is 0. The highest BCUT2D eigenvalue weighted by atomic mass is 19.1. The van der Waals surface area contributed by atoms with Gasteiger partial charge in [0.05, 0.1) is 7.11 Å². The lowest BCUT2D eigenvalue weighted by Gasteiger charge is -2.06. The Kier molecular flexibility index (Phi) is 4.48. The molecule has 0 atom stereocenters. The summed E-state index contributed by atoms with van der Waals surface area (Å²) in [6.45, 7) is 0.566. The van der Waals surface area contributed by atoms with E-state index >= 15 is 0 Å². The van der Waals surface area contributed by atoms with Crippen molar-refractivity contribution in [2.75, 3.05) is 13.7 Å². The number of hydrogen-bond donors (Lipinski definition) is 1. The Bertz CT molecular complexity index is 608. The maximum Gasteiger partial charge on any atom is 0.193 e. The molecule has 0 amide bonds. The fourth-order valence-electron chi connectivity index (χ4n) is 1.96. The van der Waals surface area contributed by atoms with Crippen molar-refractivity contribution in [3.63, 3.8) is 0 Å². The highest BCUT2D eigenvalue weighted by molar-refractivity contribution is 6.09. The molecule has 2 rings (SSSR count). The first-order valence-corrected chi connectivity index (χ1v) is 6.33. The van der Waals surface area contributed by atoms with E-state index in [2.05, 4.69) is 0 Å². The van der Waals surface area contributed by atoms with Gasteiger partial charge in [-0.25, -0.2) is 4.39 Å². The fourth-order valence-corrected chi connectivity index (χ4v) is 1.96. The number of halogens is 1. The second-order valence-corrected chi connectivity index (χ2v) is 4.41. The largest absolute Gasteiger partial charge is 0.494 e. The van der Waals surface area contributed by atoms with Gasteiger partial charge in [-0.1, -0.05) is 24.3 Å². The van der Waals surface area contributed by atoms with Crippen LogP contribution >= 0.6 is 0 Å². The second kappa shape index (κ2) is 6.30. The average Bonchev–Trinajstić information content (AvgIpc) is 2.47. The van der Waals surface area contributed by atoms with Gasteiger partial charge in [0.15, 0.2) is 17.3 Å². The van der Waals surface area contributed by atoms with E-state index in [9.17, 15) is 9.18 Å². The van der Waals surface area contributed by atoms with Gasteiger partial charge >= 0.3 is 0 Å². The normalized spacial score (nSPS) is 10.3. The molecule has 3 nitrogen and oxygen atoms in total. The van der Waals surface area contributed by atoms with Crippen LogP contribution in [0.3, 0.4) is 0 Å². The number of rotatable bonds is 5. The molecule has 0 saturated heterocycles.